The summed E-state index contributed by atoms with van der Waals surface area (Å²) in [6, 6.07) is 17.9. The van der Waals surface area contributed by atoms with Crippen LogP contribution in [0.15, 0.2) is 60.8 Å². The van der Waals surface area contributed by atoms with Gasteiger partial charge in [0.05, 0.1) is 18.2 Å². The lowest BCUT2D eigenvalue weighted by molar-refractivity contribution is 0.413. The summed E-state index contributed by atoms with van der Waals surface area (Å²) < 4.78 is 5.31. The zero-order chi connectivity index (χ0) is 14.9. The van der Waals surface area contributed by atoms with Crippen LogP contribution in [0.2, 0.25) is 0 Å². The number of pyridine rings is 1. The van der Waals surface area contributed by atoms with Crippen LogP contribution in [-0.4, -0.2) is 12.1 Å². The van der Waals surface area contributed by atoms with Gasteiger partial charge >= 0.3 is 0 Å². The molecule has 2 aromatic carbocycles. The van der Waals surface area contributed by atoms with Gasteiger partial charge in [0, 0.05) is 11.6 Å². The van der Waals surface area contributed by atoms with Crippen LogP contribution in [0.4, 0.5) is 0 Å². The summed E-state index contributed by atoms with van der Waals surface area (Å²) in [5, 5.41) is 1.08. The molecule has 1 unspecified atom stereocenters. The maximum absolute atomic E-state index is 6.67. The summed E-state index contributed by atoms with van der Waals surface area (Å²) in [4.78, 5) is 4.40. The number of hydrogen-bond donors (Lipinski definition) is 1. The highest BCUT2D eigenvalue weighted by Gasteiger charge is 2.26. The molecule has 0 saturated carbocycles. The molecule has 0 bridgehead atoms. The number of rotatable bonds is 3. The molecule has 0 spiro atoms. The molecule has 0 aliphatic carbocycles. The molecule has 1 heterocycles. The molecule has 106 valence electrons. The Morgan fingerprint density at radius 2 is 1.86 bits per heavy atom. The highest BCUT2D eigenvalue weighted by Crippen LogP contribution is 2.32. The van der Waals surface area contributed by atoms with Crippen molar-refractivity contribution in [1.82, 2.24) is 4.98 Å². The molecule has 3 rings (SSSR count). The van der Waals surface area contributed by atoms with E-state index in [-0.39, 0.29) is 0 Å². The summed E-state index contributed by atoms with van der Waals surface area (Å²) in [5.41, 5.74) is 9.07. The Bertz CT molecular complexity index is 776. The molecule has 1 aromatic heterocycles. The zero-order valence-electron chi connectivity index (χ0n) is 12.2. The van der Waals surface area contributed by atoms with E-state index in [4.69, 9.17) is 10.5 Å². The lowest BCUT2D eigenvalue weighted by Crippen LogP contribution is -2.34. The van der Waals surface area contributed by atoms with Gasteiger partial charge in [-0.15, -0.1) is 0 Å². The molecule has 2 N–H and O–H groups in total. The second-order valence-electron chi connectivity index (χ2n) is 5.31. The number of aromatic nitrogens is 1. The average molecular weight is 278 g/mol. The minimum absolute atomic E-state index is 0.614. The molecule has 3 heteroatoms. The first-order valence-electron chi connectivity index (χ1n) is 6.90. The number of fused-ring (bicyclic) bond motifs is 1. The van der Waals surface area contributed by atoms with E-state index >= 15 is 0 Å². The Hall–Kier alpha value is -2.39. The minimum Gasteiger partial charge on any atom is -0.497 e. The van der Waals surface area contributed by atoms with E-state index < -0.39 is 5.54 Å². The third-order valence-electron chi connectivity index (χ3n) is 3.87. The Balaban J connectivity index is 2.19. The normalized spacial score (nSPS) is 13.9. The van der Waals surface area contributed by atoms with Crippen molar-refractivity contribution in [3.63, 3.8) is 0 Å². The first kappa shape index (κ1) is 13.6. The maximum Gasteiger partial charge on any atom is 0.119 e. The zero-order valence-corrected chi connectivity index (χ0v) is 12.2. The lowest BCUT2D eigenvalue weighted by Gasteiger charge is -2.27. The average Bonchev–Trinajstić information content (AvgIpc) is 2.54. The number of hydrogen-bond acceptors (Lipinski definition) is 3. The number of nitrogens with two attached hydrogens (primary N) is 1. The van der Waals surface area contributed by atoms with E-state index in [2.05, 4.69) is 17.1 Å². The molecular weight excluding hydrogens is 260 g/mol. The molecule has 0 fully saturated rings. The first-order chi connectivity index (χ1) is 10.1. The third kappa shape index (κ3) is 2.36. The number of methoxy groups -OCH3 is 1. The predicted octanol–water partition coefficient (Wildman–Crippen LogP) is 3.47. The van der Waals surface area contributed by atoms with Crippen LogP contribution in [0.3, 0.4) is 0 Å². The van der Waals surface area contributed by atoms with Crippen molar-refractivity contribution in [1.29, 1.82) is 0 Å². The van der Waals surface area contributed by atoms with Crippen LogP contribution in [0.1, 0.15) is 18.1 Å². The Morgan fingerprint density at radius 3 is 2.67 bits per heavy atom. The summed E-state index contributed by atoms with van der Waals surface area (Å²) >= 11 is 0. The smallest absolute Gasteiger partial charge is 0.119 e. The fraction of sp³-hybridized carbons (Fsp3) is 0.167. The summed E-state index contributed by atoms with van der Waals surface area (Å²) in [7, 11) is 1.66. The van der Waals surface area contributed by atoms with Gasteiger partial charge in [-0.25, -0.2) is 0 Å². The van der Waals surface area contributed by atoms with E-state index in [0.29, 0.717) is 0 Å². The van der Waals surface area contributed by atoms with Gasteiger partial charge in [0.25, 0.3) is 0 Å². The summed E-state index contributed by atoms with van der Waals surface area (Å²) in [6.45, 7) is 2.02. The molecule has 3 aromatic rings. The van der Waals surface area contributed by atoms with Crippen molar-refractivity contribution in [3.05, 3.63) is 71.9 Å². The standard InChI is InChI=1S/C18H18N2O/c1-18(19,13-6-3-7-14(12-13)21-2)16-9-4-10-17-15(16)8-5-11-20-17/h3-12H,19H2,1-2H3. The van der Waals surface area contributed by atoms with Crippen molar-refractivity contribution >= 4 is 10.9 Å². The largest absolute Gasteiger partial charge is 0.497 e. The predicted molar refractivity (Wildman–Crippen MR) is 85.4 cm³/mol. The maximum atomic E-state index is 6.67. The SMILES string of the molecule is COc1cccc(C(C)(N)c2cccc3ncccc23)c1. The molecule has 0 aliphatic rings. The van der Waals surface area contributed by atoms with Crippen molar-refractivity contribution in [2.75, 3.05) is 7.11 Å². The van der Waals surface area contributed by atoms with Crippen molar-refractivity contribution in [2.45, 2.75) is 12.5 Å². The van der Waals surface area contributed by atoms with Crippen molar-refractivity contribution < 1.29 is 4.74 Å². The highest BCUT2D eigenvalue weighted by atomic mass is 16.5. The van der Waals surface area contributed by atoms with Gasteiger partial charge in [-0.1, -0.05) is 30.3 Å². The minimum atomic E-state index is -0.614. The molecular formula is C18H18N2O. The van der Waals surface area contributed by atoms with Gasteiger partial charge < -0.3 is 10.5 Å². The Labute approximate surface area is 124 Å². The van der Waals surface area contributed by atoms with E-state index in [1.54, 1.807) is 13.3 Å². The van der Waals surface area contributed by atoms with Crippen LogP contribution in [0.25, 0.3) is 10.9 Å². The summed E-state index contributed by atoms with van der Waals surface area (Å²) in [5.74, 6) is 0.808. The van der Waals surface area contributed by atoms with Gasteiger partial charge in [-0.05, 0) is 42.3 Å². The summed E-state index contributed by atoms with van der Waals surface area (Å²) in [6.07, 6.45) is 1.80. The number of benzene rings is 2. The first-order valence-corrected chi connectivity index (χ1v) is 6.90. The van der Waals surface area contributed by atoms with Crippen molar-refractivity contribution in [2.24, 2.45) is 5.73 Å². The van der Waals surface area contributed by atoms with Gasteiger partial charge in [0.2, 0.25) is 0 Å². The Kier molecular flexibility index (Phi) is 3.35. The molecule has 0 amide bonds. The number of ether oxygens (including phenoxy) is 1. The molecule has 3 nitrogen and oxygen atoms in total. The highest BCUT2D eigenvalue weighted by molar-refractivity contribution is 5.83. The molecule has 0 aliphatic heterocycles. The number of nitrogens with zero attached hydrogens (tertiary/aromatic N) is 1. The molecule has 1 atom stereocenters. The van der Waals surface area contributed by atoms with Crippen molar-refractivity contribution in [3.8, 4) is 5.75 Å². The van der Waals surface area contributed by atoms with Gasteiger partial charge in [0.1, 0.15) is 5.75 Å². The van der Waals surface area contributed by atoms with E-state index in [1.165, 1.54) is 0 Å². The fourth-order valence-corrected chi connectivity index (χ4v) is 2.66. The second kappa shape index (κ2) is 5.19. The van der Waals surface area contributed by atoms with Gasteiger partial charge in [-0.3, -0.25) is 4.98 Å². The quantitative estimate of drug-likeness (QED) is 0.798. The van der Waals surface area contributed by atoms with E-state index in [0.717, 1.165) is 27.8 Å². The molecule has 0 saturated heterocycles. The van der Waals surface area contributed by atoms with Crippen LogP contribution in [0, 0.1) is 0 Å². The van der Waals surface area contributed by atoms with Gasteiger partial charge in [-0.2, -0.15) is 0 Å². The van der Waals surface area contributed by atoms with Gasteiger partial charge in [0.15, 0.2) is 0 Å². The monoisotopic (exact) mass is 278 g/mol. The van der Waals surface area contributed by atoms with Crippen LogP contribution >= 0.6 is 0 Å². The van der Waals surface area contributed by atoms with E-state index in [9.17, 15) is 0 Å². The second-order valence-corrected chi connectivity index (χ2v) is 5.31. The lowest BCUT2D eigenvalue weighted by atomic mass is 9.83. The molecule has 21 heavy (non-hydrogen) atoms. The van der Waals surface area contributed by atoms with Crippen LogP contribution in [-0.2, 0) is 5.54 Å². The molecule has 0 radical (unpaired) electrons. The fourth-order valence-electron chi connectivity index (χ4n) is 2.66. The van der Waals surface area contributed by atoms with Crippen LogP contribution < -0.4 is 10.5 Å². The Morgan fingerprint density at radius 1 is 1.05 bits per heavy atom. The topological polar surface area (TPSA) is 48.1 Å². The van der Waals surface area contributed by atoms with Crippen LogP contribution in [0.5, 0.6) is 5.75 Å². The third-order valence-corrected chi connectivity index (χ3v) is 3.87. The van der Waals surface area contributed by atoms with E-state index in [1.807, 2.05) is 49.4 Å².